The van der Waals surface area contributed by atoms with Crippen LogP contribution in [0.1, 0.15) is 37.7 Å². The Labute approximate surface area is 177 Å². The van der Waals surface area contributed by atoms with Crippen LogP contribution in [0.15, 0.2) is 63.8 Å². The first-order valence-corrected chi connectivity index (χ1v) is 10.0. The minimum absolute atomic E-state index is 0.176. The zero-order valence-corrected chi connectivity index (χ0v) is 16.8. The van der Waals surface area contributed by atoms with Crippen molar-refractivity contribution in [1.82, 2.24) is 9.78 Å². The summed E-state index contributed by atoms with van der Waals surface area (Å²) in [4.78, 5) is 11.9. The first-order chi connectivity index (χ1) is 14.9. The van der Waals surface area contributed by atoms with Crippen LogP contribution in [0.3, 0.4) is 0 Å². The predicted octanol–water partition coefficient (Wildman–Crippen LogP) is 5.30. The minimum atomic E-state index is -4.78. The summed E-state index contributed by atoms with van der Waals surface area (Å²) in [7, 11) is 0. The lowest BCUT2D eigenvalue weighted by atomic mass is 10.1. The molecule has 0 unspecified atom stereocenters. The molecule has 1 aromatic heterocycles. The highest BCUT2D eigenvalue weighted by Crippen LogP contribution is 2.23. The van der Waals surface area contributed by atoms with Crippen LogP contribution in [0.2, 0.25) is 0 Å². The smallest absolute Gasteiger partial charge is 0.449 e. The molecule has 0 fully saturated rings. The lowest BCUT2D eigenvalue weighted by molar-refractivity contribution is -0.274. The number of aromatic nitrogens is 2. The van der Waals surface area contributed by atoms with Crippen LogP contribution >= 0.6 is 0 Å². The Bertz CT molecular complexity index is 982. The van der Waals surface area contributed by atoms with Gasteiger partial charge in [0.25, 0.3) is 0 Å². The number of unbranched alkanes of at least 4 members (excludes halogenated alkanes) is 4. The molecule has 0 radical (unpaired) electrons. The fourth-order valence-corrected chi connectivity index (χ4v) is 3.04. The summed E-state index contributed by atoms with van der Waals surface area (Å²) in [6.45, 7) is 0.358. The van der Waals surface area contributed by atoms with Crippen molar-refractivity contribution in [3.8, 4) is 17.5 Å². The summed E-state index contributed by atoms with van der Waals surface area (Å²) >= 11 is 0. The molecular weight excluding hydrogens is 413 g/mol. The van der Waals surface area contributed by atoms with Gasteiger partial charge in [-0.25, -0.2) is 4.79 Å². The van der Waals surface area contributed by atoms with Crippen molar-refractivity contribution < 1.29 is 27.1 Å². The van der Waals surface area contributed by atoms with Gasteiger partial charge in [0.05, 0.1) is 12.3 Å². The normalized spacial score (nSPS) is 11.5. The van der Waals surface area contributed by atoms with E-state index in [2.05, 4.69) is 22.0 Å². The molecule has 0 saturated heterocycles. The largest absolute Gasteiger partial charge is 0.573 e. The van der Waals surface area contributed by atoms with Gasteiger partial charge in [0.1, 0.15) is 5.75 Å². The van der Waals surface area contributed by atoms with Crippen molar-refractivity contribution in [3.05, 3.63) is 70.7 Å². The molecular formula is C22H23F3N2O4. The fourth-order valence-electron chi connectivity index (χ4n) is 3.04. The summed E-state index contributed by atoms with van der Waals surface area (Å²) in [5, 5.41) is 3.92. The minimum Gasteiger partial charge on any atom is -0.449 e. The van der Waals surface area contributed by atoms with E-state index in [0.29, 0.717) is 6.61 Å². The summed E-state index contributed by atoms with van der Waals surface area (Å²) in [6, 6.07) is 15.1. The Morgan fingerprint density at radius 1 is 0.903 bits per heavy atom. The second-order valence-electron chi connectivity index (χ2n) is 6.94. The van der Waals surface area contributed by atoms with Crippen molar-refractivity contribution in [2.45, 2.75) is 44.9 Å². The molecule has 3 aromatic rings. The highest BCUT2D eigenvalue weighted by molar-refractivity contribution is 5.36. The SMILES string of the molecule is O=c1oc(OCCCCCCCc2ccccc2)nn1-c1ccc(OC(F)(F)F)cc1. The van der Waals surface area contributed by atoms with E-state index in [9.17, 15) is 18.0 Å². The zero-order chi connectivity index (χ0) is 22.1. The monoisotopic (exact) mass is 436 g/mol. The molecule has 0 aliphatic heterocycles. The van der Waals surface area contributed by atoms with Crippen LogP contribution in [-0.4, -0.2) is 22.7 Å². The van der Waals surface area contributed by atoms with E-state index < -0.39 is 17.9 Å². The highest BCUT2D eigenvalue weighted by Gasteiger charge is 2.31. The summed E-state index contributed by atoms with van der Waals surface area (Å²) in [5.74, 6) is -1.19. The molecule has 0 N–H and O–H groups in total. The molecule has 0 atom stereocenters. The molecule has 166 valence electrons. The molecule has 6 nitrogen and oxygen atoms in total. The van der Waals surface area contributed by atoms with Crippen LogP contribution < -0.4 is 15.2 Å². The van der Waals surface area contributed by atoms with Crippen molar-refractivity contribution in [1.29, 1.82) is 0 Å². The molecule has 2 aromatic carbocycles. The van der Waals surface area contributed by atoms with Crippen molar-refractivity contribution in [2.24, 2.45) is 0 Å². The van der Waals surface area contributed by atoms with Gasteiger partial charge in [-0.15, -0.1) is 13.2 Å². The van der Waals surface area contributed by atoms with E-state index in [4.69, 9.17) is 9.15 Å². The lowest BCUT2D eigenvalue weighted by Gasteiger charge is -2.08. The van der Waals surface area contributed by atoms with E-state index in [1.54, 1.807) is 0 Å². The van der Waals surface area contributed by atoms with E-state index in [1.807, 2.05) is 18.2 Å². The predicted molar refractivity (Wildman–Crippen MR) is 108 cm³/mol. The number of benzene rings is 2. The van der Waals surface area contributed by atoms with Gasteiger partial charge >= 0.3 is 18.2 Å². The number of halogens is 3. The van der Waals surface area contributed by atoms with E-state index in [1.165, 1.54) is 17.7 Å². The number of nitrogens with zero attached hydrogens (tertiary/aromatic N) is 2. The second-order valence-corrected chi connectivity index (χ2v) is 6.94. The summed E-state index contributed by atoms with van der Waals surface area (Å²) in [6.07, 6.45) is 1.25. The molecule has 0 bridgehead atoms. The number of alkyl halides is 3. The molecule has 0 aliphatic rings. The topological polar surface area (TPSA) is 66.5 Å². The average Bonchev–Trinajstić information content (AvgIpc) is 3.10. The molecule has 0 spiro atoms. The summed E-state index contributed by atoms with van der Waals surface area (Å²) < 4.78 is 51.7. The van der Waals surface area contributed by atoms with Gasteiger partial charge in [0, 0.05) is 0 Å². The molecule has 31 heavy (non-hydrogen) atoms. The van der Waals surface area contributed by atoms with E-state index in [0.717, 1.165) is 55.3 Å². The number of ether oxygens (including phenoxy) is 2. The average molecular weight is 436 g/mol. The van der Waals surface area contributed by atoms with Gasteiger partial charge in [-0.05, 0) is 49.1 Å². The second kappa shape index (κ2) is 10.7. The Balaban J connectivity index is 1.37. The molecule has 3 rings (SSSR count). The zero-order valence-electron chi connectivity index (χ0n) is 16.8. The fraction of sp³-hybridized carbons (Fsp3) is 0.364. The highest BCUT2D eigenvalue weighted by atomic mass is 19.4. The van der Waals surface area contributed by atoms with Crippen molar-refractivity contribution in [2.75, 3.05) is 6.61 Å². The Morgan fingerprint density at radius 3 is 2.29 bits per heavy atom. The van der Waals surface area contributed by atoms with Gasteiger partial charge in [-0.2, -0.15) is 4.68 Å². The Kier molecular flexibility index (Phi) is 7.75. The van der Waals surface area contributed by atoms with Crippen LogP contribution in [0.25, 0.3) is 5.69 Å². The van der Waals surface area contributed by atoms with Gasteiger partial charge in [0.15, 0.2) is 0 Å². The van der Waals surface area contributed by atoms with Gasteiger partial charge < -0.3 is 13.9 Å². The van der Waals surface area contributed by atoms with Gasteiger partial charge in [0.2, 0.25) is 0 Å². The van der Waals surface area contributed by atoms with Gasteiger partial charge in [-0.3, -0.25) is 0 Å². The maximum atomic E-state index is 12.2. The maximum Gasteiger partial charge on any atom is 0.573 e. The lowest BCUT2D eigenvalue weighted by Crippen LogP contribution is -2.17. The third kappa shape index (κ3) is 7.51. The van der Waals surface area contributed by atoms with Crippen molar-refractivity contribution >= 4 is 0 Å². The third-order valence-corrected chi connectivity index (χ3v) is 4.52. The van der Waals surface area contributed by atoms with Crippen LogP contribution in [-0.2, 0) is 6.42 Å². The number of aryl methyl sites for hydroxylation is 1. The summed E-state index contributed by atoms with van der Waals surface area (Å²) in [5.41, 5.74) is 1.58. The molecule has 9 heteroatoms. The molecule has 0 aliphatic carbocycles. The van der Waals surface area contributed by atoms with E-state index in [-0.39, 0.29) is 11.8 Å². The van der Waals surface area contributed by atoms with Crippen LogP contribution in [0, 0.1) is 0 Å². The number of rotatable bonds is 11. The Hall–Kier alpha value is -3.23. The Morgan fingerprint density at radius 2 is 1.58 bits per heavy atom. The first kappa shape index (κ1) is 22.5. The van der Waals surface area contributed by atoms with Crippen LogP contribution in [0.4, 0.5) is 13.2 Å². The number of hydrogen-bond acceptors (Lipinski definition) is 5. The third-order valence-electron chi connectivity index (χ3n) is 4.52. The van der Waals surface area contributed by atoms with Crippen LogP contribution in [0.5, 0.6) is 11.8 Å². The molecule has 0 amide bonds. The standard InChI is InChI=1S/C22H23F3N2O4/c23-22(24,25)31-19-14-12-18(13-15-19)27-21(28)30-20(26-27)29-16-8-3-1-2-5-9-17-10-6-4-7-11-17/h4,6-7,10-15H,1-3,5,8-9,16H2. The number of hydrogen-bond donors (Lipinski definition) is 0. The first-order valence-electron chi connectivity index (χ1n) is 10.0. The maximum absolute atomic E-state index is 12.2. The van der Waals surface area contributed by atoms with E-state index >= 15 is 0 Å². The molecule has 0 saturated carbocycles. The molecule has 1 heterocycles. The van der Waals surface area contributed by atoms with Crippen molar-refractivity contribution in [3.63, 3.8) is 0 Å². The quantitative estimate of drug-likeness (QED) is 0.382. The van der Waals surface area contributed by atoms with Gasteiger partial charge in [-0.1, -0.05) is 54.7 Å².